The van der Waals surface area contributed by atoms with E-state index in [0.29, 0.717) is 34.1 Å². The molecule has 4 rings (SSSR count). The maximum absolute atomic E-state index is 14.2. The van der Waals surface area contributed by atoms with E-state index in [1.807, 2.05) is 0 Å². The normalized spacial score (nSPS) is 14.7. The van der Waals surface area contributed by atoms with E-state index < -0.39 is 77.1 Å². The predicted octanol–water partition coefficient (Wildman–Crippen LogP) is 7.51. The van der Waals surface area contributed by atoms with Crippen LogP contribution in [-0.4, -0.2) is 47.0 Å². The number of nitrogens with zero attached hydrogens (tertiary/aromatic N) is 2. The zero-order valence-corrected chi connectivity index (χ0v) is 21.9. The summed E-state index contributed by atoms with van der Waals surface area (Å²) in [7, 11) is 0. The number of anilines is 2. The van der Waals surface area contributed by atoms with Gasteiger partial charge in [0.15, 0.2) is 5.78 Å². The Labute approximate surface area is 237 Å². The number of fused-ring (bicyclic) bond motifs is 1. The average molecular weight is 617 g/mol. The van der Waals surface area contributed by atoms with Crippen LogP contribution < -0.4 is 9.80 Å². The summed E-state index contributed by atoms with van der Waals surface area (Å²) in [6.45, 7) is -1.82. The average Bonchev–Trinajstić information content (AvgIpc) is 2.91. The van der Waals surface area contributed by atoms with Crippen LogP contribution in [-0.2, 0) is 12.4 Å². The first-order chi connectivity index (χ1) is 19.5. The molecule has 7 nitrogen and oxygen atoms in total. The molecule has 2 amide bonds. The summed E-state index contributed by atoms with van der Waals surface area (Å²) < 4.78 is 94.5. The Balaban J connectivity index is 1.86. The number of carbonyl (C=O) groups excluding carboxylic acids is 1. The van der Waals surface area contributed by atoms with E-state index >= 15 is 0 Å². The minimum absolute atomic E-state index is 0.241. The molecule has 1 aliphatic heterocycles. The first-order valence-electron chi connectivity index (χ1n) is 11.8. The molecule has 0 bridgehead atoms. The Bertz CT molecular complexity index is 1470. The molecule has 0 atom stereocenters. The summed E-state index contributed by atoms with van der Waals surface area (Å²) in [6, 6.07) is 9.58. The number of carbonyl (C=O) groups is 3. The van der Waals surface area contributed by atoms with Gasteiger partial charge in [0.05, 0.1) is 16.5 Å². The molecule has 3 aromatic rings. The molecule has 2 N–H and O–H groups in total. The third-order valence-electron chi connectivity index (χ3n) is 6.53. The summed E-state index contributed by atoms with van der Waals surface area (Å²) in [4.78, 5) is 39.7. The lowest BCUT2D eigenvalue weighted by Gasteiger charge is -2.41. The van der Waals surface area contributed by atoms with Gasteiger partial charge >= 0.3 is 24.5 Å². The summed E-state index contributed by atoms with van der Waals surface area (Å²) in [5.74, 6) is -2.12. The number of alkyl halides is 6. The molecular weight excluding hydrogens is 597 g/mol. The van der Waals surface area contributed by atoms with Crippen molar-refractivity contribution >= 4 is 41.1 Å². The Hall–Kier alpha value is -4.27. The zero-order valence-electron chi connectivity index (χ0n) is 21.0. The maximum atomic E-state index is 14.2. The van der Waals surface area contributed by atoms with Gasteiger partial charge in [-0.25, -0.2) is 14.0 Å². The van der Waals surface area contributed by atoms with Crippen molar-refractivity contribution in [1.29, 1.82) is 0 Å². The van der Waals surface area contributed by atoms with Crippen LogP contribution in [0.2, 0.25) is 0 Å². The fraction of sp³-hybridized carbons (Fsp3) is 0.222. The van der Waals surface area contributed by atoms with Crippen molar-refractivity contribution in [1.82, 2.24) is 0 Å². The summed E-state index contributed by atoms with van der Waals surface area (Å²) in [6.07, 6.45) is -13.3. The molecule has 0 fully saturated rings. The molecule has 15 heteroatoms. The van der Waals surface area contributed by atoms with Crippen molar-refractivity contribution in [2.75, 3.05) is 28.6 Å². The van der Waals surface area contributed by atoms with Gasteiger partial charge in [-0.05, 0) is 54.6 Å². The van der Waals surface area contributed by atoms with Gasteiger partial charge in [0, 0.05) is 40.7 Å². The summed E-state index contributed by atoms with van der Waals surface area (Å²) >= 11 is 0.934. The van der Waals surface area contributed by atoms with E-state index in [2.05, 4.69) is 0 Å². The zero-order chi connectivity index (χ0) is 31.0. The van der Waals surface area contributed by atoms with Crippen LogP contribution in [0.1, 0.15) is 21.5 Å². The Morgan fingerprint density at radius 1 is 0.786 bits per heavy atom. The highest BCUT2D eigenvalue weighted by Crippen LogP contribution is 2.43. The van der Waals surface area contributed by atoms with Crippen molar-refractivity contribution in [3.05, 3.63) is 89.2 Å². The molecule has 0 spiro atoms. The van der Waals surface area contributed by atoms with Crippen LogP contribution in [0.5, 0.6) is 0 Å². The molecular formula is C27H19F7N2O5S. The molecule has 0 aliphatic carbocycles. The Morgan fingerprint density at radius 2 is 1.26 bits per heavy atom. The van der Waals surface area contributed by atoms with E-state index in [-0.39, 0.29) is 16.2 Å². The SMILES string of the molecule is O=C(O)N(CC1(CN(C(=O)O)c2cccc(C(F)(F)F)c2)CSc2ccc(F)cc2C1=O)c1cccc(C(F)(F)F)c1. The third-order valence-corrected chi connectivity index (χ3v) is 7.89. The van der Waals surface area contributed by atoms with E-state index in [9.17, 15) is 55.3 Å². The summed E-state index contributed by atoms with van der Waals surface area (Å²) in [5.41, 5.74) is -5.72. The van der Waals surface area contributed by atoms with Gasteiger partial charge in [-0.2, -0.15) is 26.3 Å². The first-order valence-corrected chi connectivity index (χ1v) is 12.8. The topological polar surface area (TPSA) is 98.2 Å². The standard InChI is InChI=1S/C27H19F7N2O5S/c28-17-7-8-21-20(11-17)22(37)25(14-42-21,12-35(23(38)39)18-5-1-3-15(9-18)26(29,30)31)13-36(24(40)41)19-6-2-4-16(10-19)27(32,33)34/h1-11H,12-14H2,(H,38,39)(H,40,41). The lowest BCUT2D eigenvalue weighted by Crippen LogP contribution is -2.55. The molecule has 0 aromatic heterocycles. The number of carboxylic acid groups (broad SMARTS) is 2. The fourth-order valence-corrected chi connectivity index (χ4v) is 5.72. The molecule has 222 valence electrons. The number of benzene rings is 3. The van der Waals surface area contributed by atoms with Crippen molar-refractivity contribution in [3.8, 4) is 0 Å². The second-order valence-electron chi connectivity index (χ2n) is 9.37. The third kappa shape index (κ3) is 6.30. The Morgan fingerprint density at radius 3 is 1.69 bits per heavy atom. The second-order valence-corrected chi connectivity index (χ2v) is 10.4. The highest BCUT2D eigenvalue weighted by atomic mass is 32.2. The molecule has 0 saturated carbocycles. The largest absolute Gasteiger partial charge is 0.465 e. The molecule has 0 saturated heterocycles. The monoisotopic (exact) mass is 616 g/mol. The van der Waals surface area contributed by atoms with E-state index in [1.165, 1.54) is 6.07 Å². The van der Waals surface area contributed by atoms with Crippen molar-refractivity contribution in [2.24, 2.45) is 5.41 Å². The van der Waals surface area contributed by atoms with Gasteiger partial charge in [-0.3, -0.25) is 14.6 Å². The van der Waals surface area contributed by atoms with E-state index in [0.717, 1.165) is 48.2 Å². The van der Waals surface area contributed by atoms with Crippen LogP contribution in [0, 0.1) is 11.2 Å². The molecule has 0 radical (unpaired) electrons. The van der Waals surface area contributed by atoms with Gasteiger partial charge < -0.3 is 10.2 Å². The Kier molecular flexibility index (Phi) is 8.18. The maximum Gasteiger partial charge on any atom is 0.416 e. The van der Waals surface area contributed by atoms with Crippen LogP contribution in [0.15, 0.2) is 71.6 Å². The van der Waals surface area contributed by atoms with Gasteiger partial charge in [0.2, 0.25) is 0 Å². The quantitative estimate of drug-likeness (QED) is 0.278. The number of rotatable bonds is 6. The van der Waals surface area contributed by atoms with Crippen LogP contribution in [0.25, 0.3) is 0 Å². The van der Waals surface area contributed by atoms with Crippen molar-refractivity contribution < 1.29 is 55.3 Å². The number of thioether (sulfide) groups is 1. The number of ketones is 1. The molecule has 1 heterocycles. The number of hydrogen-bond donors (Lipinski definition) is 2. The number of Topliss-reactive ketones (excluding diaryl/α,β-unsaturated/α-hetero) is 1. The minimum atomic E-state index is -4.85. The van der Waals surface area contributed by atoms with Crippen molar-refractivity contribution in [2.45, 2.75) is 17.2 Å². The second kappa shape index (κ2) is 11.2. The van der Waals surface area contributed by atoms with Gasteiger partial charge in [0.25, 0.3) is 0 Å². The number of halogens is 7. The fourth-order valence-electron chi connectivity index (χ4n) is 4.50. The smallest absolute Gasteiger partial charge is 0.416 e. The number of hydrogen-bond acceptors (Lipinski definition) is 4. The highest BCUT2D eigenvalue weighted by molar-refractivity contribution is 7.99. The van der Waals surface area contributed by atoms with Gasteiger partial charge in [-0.15, -0.1) is 11.8 Å². The lowest BCUT2D eigenvalue weighted by atomic mass is 9.79. The van der Waals surface area contributed by atoms with Gasteiger partial charge in [-0.1, -0.05) is 12.1 Å². The van der Waals surface area contributed by atoms with Crippen molar-refractivity contribution in [3.63, 3.8) is 0 Å². The van der Waals surface area contributed by atoms with Crippen LogP contribution in [0.3, 0.4) is 0 Å². The summed E-state index contributed by atoms with van der Waals surface area (Å²) in [5, 5.41) is 20.0. The molecule has 42 heavy (non-hydrogen) atoms. The first kappa shape index (κ1) is 30.7. The van der Waals surface area contributed by atoms with E-state index in [1.54, 1.807) is 0 Å². The predicted molar refractivity (Wildman–Crippen MR) is 138 cm³/mol. The van der Waals surface area contributed by atoms with E-state index in [4.69, 9.17) is 0 Å². The molecule has 0 unspecified atom stereocenters. The number of amides is 2. The molecule has 3 aromatic carbocycles. The van der Waals surface area contributed by atoms with Crippen LogP contribution in [0.4, 0.5) is 51.7 Å². The lowest BCUT2D eigenvalue weighted by molar-refractivity contribution is -0.138. The molecule has 1 aliphatic rings. The minimum Gasteiger partial charge on any atom is -0.465 e. The van der Waals surface area contributed by atoms with Gasteiger partial charge in [0.1, 0.15) is 5.82 Å². The van der Waals surface area contributed by atoms with Crippen LogP contribution >= 0.6 is 11.8 Å². The highest BCUT2D eigenvalue weighted by Gasteiger charge is 2.48.